The Balaban J connectivity index is 1.62. The first-order chi connectivity index (χ1) is 16.5. The van der Waals surface area contributed by atoms with Crippen LogP contribution in [-0.2, 0) is 4.79 Å². The third kappa shape index (κ3) is 3.92. The van der Waals surface area contributed by atoms with E-state index in [-0.39, 0.29) is 29.5 Å². The Labute approximate surface area is 204 Å². The summed E-state index contributed by atoms with van der Waals surface area (Å²) in [5.41, 5.74) is 2.12. The van der Waals surface area contributed by atoms with Gasteiger partial charge in [-0.15, -0.1) is 0 Å². The van der Waals surface area contributed by atoms with Crippen LogP contribution in [0, 0.1) is 23.2 Å². The number of allylic oxidation sites excluding steroid dienone is 2. The van der Waals surface area contributed by atoms with E-state index in [0.717, 1.165) is 24.8 Å². The van der Waals surface area contributed by atoms with Crippen molar-refractivity contribution in [2.24, 2.45) is 23.2 Å². The second-order valence-corrected chi connectivity index (χ2v) is 11.5. The van der Waals surface area contributed by atoms with Crippen molar-refractivity contribution in [3.63, 3.8) is 0 Å². The van der Waals surface area contributed by atoms with Gasteiger partial charge in [0.25, 0.3) is 0 Å². The van der Waals surface area contributed by atoms with Gasteiger partial charge < -0.3 is 5.11 Å². The predicted molar refractivity (Wildman–Crippen MR) is 127 cm³/mol. The van der Waals surface area contributed by atoms with E-state index < -0.39 is 29.3 Å². The van der Waals surface area contributed by atoms with Gasteiger partial charge in [0.05, 0.1) is 5.60 Å². The lowest BCUT2D eigenvalue weighted by molar-refractivity contribution is -0.121. The van der Waals surface area contributed by atoms with Gasteiger partial charge in [0.15, 0.2) is 11.6 Å². The number of halogens is 3. The van der Waals surface area contributed by atoms with Crippen molar-refractivity contribution in [2.45, 2.75) is 83.2 Å². The van der Waals surface area contributed by atoms with E-state index >= 15 is 0 Å². The molecule has 3 saturated carbocycles. The quantitative estimate of drug-likeness (QED) is 0.366. The van der Waals surface area contributed by atoms with Crippen LogP contribution in [0.3, 0.4) is 0 Å². The molecule has 35 heavy (non-hydrogen) atoms. The smallest absolute Gasteiger partial charge is 0.301 e. The lowest BCUT2D eigenvalue weighted by Gasteiger charge is -2.55. The normalized spacial score (nSPS) is 36.3. The highest BCUT2D eigenvalue weighted by Crippen LogP contribution is 2.68. The molecular formula is C29H33F3O3. The molecule has 6 atom stereocenters. The van der Waals surface area contributed by atoms with Gasteiger partial charge in [-0.1, -0.05) is 42.3 Å². The van der Waals surface area contributed by atoms with Crippen LogP contribution in [-0.4, -0.2) is 22.3 Å². The molecule has 3 unspecified atom stereocenters. The molecule has 0 saturated heterocycles. The first-order valence-corrected chi connectivity index (χ1v) is 12.8. The summed E-state index contributed by atoms with van der Waals surface area (Å²) >= 11 is 0. The van der Waals surface area contributed by atoms with Crippen molar-refractivity contribution < 1.29 is 27.9 Å². The largest absolute Gasteiger partial charge is 0.389 e. The van der Waals surface area contributed by atoms with Crippen LogP contribution in [0.25, 0.3) is 0 Å². The van der Waals surface area contributed by atoms with Crippen LogP contribution in [0.15, 0.2) is 47.3 Å². The SMILES string of the molecule is CC(=O)c1ccc([C@H]2C[C@@]3(C)C(CC[C@@]3(O)CC(F)=C(F)F)C3CCC4CC(=O)CCC4=C32)cc1. The molecule has 0 radical (unpaired) electrons. The maximum Gasteiger partial charge on any atom is 0.301 e. The van der Waals surface area contributed by atoms with E-state index in [4.69, 9.17) is 0 Å². The zero-order valence-corrected chi connectivity index (χ0v) is 20.4. The van der Waals surface area contributed by atoms with Crippen LogP contribution in [0.1, 0.15) is 93.5 Å². The Morgan fingerprint density at radius 3 is 2.46 bits per heavy atom. The summed E-state index contributed by atoms with van der Waals surface area (Å²) in [6, 6.07) is 7.56. The predicted octanol–water partition coefficient (Wildman–Crippen LogP) is 7.07. The van der Waals surface area contributed by atoms with Gasteiger partial charge in [-0.2, -0.15) is 8.78 Å². The molecule has 1 aromatic carbocycles. The average molecular weight is 487 g/mol. The molecule has 0 aromatic heterocycles. The fourth-order valence-electron chi connectivity index (χ4n) is 8.03. The van der Waals surface area contributed by atoms with E-state index in [2.05, 4.69) is 0 Å². The maximum atomic E-state index is 14.2. The summed E-state index contributed by atoms with van der Waals surface area (Å²) in [6.07, 6.45) is 2.20. The fourth-order valence-corrected chi connectivity index (χ4v) is 8.03. The molecule has 0 spiro atoms. The molecule has 0 amide bonds. The minimum absolute atomic E-state index is 0.0173. The molecule has 4 aliphatic rings. The Hall–Kier alpha value is -2.21. The number of carbonyl (C=O) groups excluding carboxylic acids is 2. The average Bonchev–Trinajstić information content (AvgIpc) is 3.08. The molecule has 188 valence electrons. The highest BCUT2D eigenvalue weighted by atomic mass is 19.3. The van der Waals surface area contributed by atoms with Gasteiger partial charge in [-0.3, -0.25) is 9.59 Å². The molecule has 4 aliphatic carbocycles. The van der Waals surface area contributed by atoms with Gasteiger partial charge in [0.2, 0.25) is 0 Å². The molecular weight excluding hydrogens is 453 g/mol. The summed E-state index contributed by atoms with van der Waals surface area (Å²) in [5, 5.41) is 11.7. The topological polar surface area (TPSA) is 54.4 Å². The molecule has 6 heteroatoms. The van der Waals surface area contributed by atoms with Crippen LogP contribution in [0.2, 0.25) is 0 Å². The van der Waals surface area contributed by atoms with Gasteiger partial charge in [-0.25, -0.2) is 4.39 Å². The standard InChI is InChI=1S/C29H33F3O3/c1-16(33)17-3-5-18(6-4-17)23-14-28(2)24(11-12-29(28,35)15-25(30)27(31)32)22-9-7-19-13-20(34)8-10-21(19)26(22)23/h3-6,19,22-24,35H,7-15H2,1-2H3/t19?,22?,23-,24?,28+,29-/m1/s1. The third-order valence-electron chi connectivity index (χ3n) is 9.85. The van der Waals surface area contributed by atoms with E-state index in [1.807, 2.05) is 31.2 Å². The van der Waals surface area contributed by atoms with Gasteiger partial charge >= 0.3 is 6.08 Å². The summed E-state index contributed by atoms with van der Waals surface area (Å²) in [6.45, 7) is 3.49. The summed E-state index contributed by atoms with van der Waals surface area (Å²) < 4.78 is 40.3. The first-order valence-electron chi connectivity index (χ1n) is 12.8. The minimum atomic E-state index is -2.35. The van der Waals surface area contributed by atoms with Crippen molar-refractivity contribution in [1.29, 1.82) is 0 Å². The molecule has 0 bridgehead atoms. The highest BCUT2D eigenvalue weighted by molar-refractivity contribution is 5.94. The van der Waals surface area contributed by atoms with E-state index in [1.54, 1.807) is 0 Å². The monoisotopic (exact) mass is 486 g/mol. The highest BCUT2D eigenvalue weighted by Gasteiger charge is 2.63. The zero-order chi connectivity index (χ0) is 25.1. The van der Waals surface area contributed by atoms with Crippen molar-refractivity contribution in [2.75, 3.05) is 0 Å². The van der Waals surface area contributed by atoms with Crippen molar-refractivity contribution in [3.8, 4) is 0 Å². The minimum Gasteiger partial charge on any atom is -0.389 e. The second kappa shape index (κ2) is 8.72. The van der Waals surface area contributed by atoms with Crippen LogP contribution in [0.5, 0.6) is 0 Å². The van der Waals surface area contributed by atoms with E-state index in [9.17, 15) is 27.9 Å². The van der Waals surface area contributed by atoms with Gasteiger partial charge in [-0.05, 0) is 68.8 Å². The molecule has 3 nitrogen and oxygen atoms in total. The van der Waals surface area contributed by atoms with Gasteiger partial charge in [0.1, 0.15) is 5.78 Å². The Bertz CT molecular complexity index is 1120. The van der Waals surface area contributed by atoms with E-state index in [1.165, 1.54) is 18.1 Å². The molecule has 5 rings (SSSR count). The number of benzene rings is 1. The molecule has 0 heterocycles. The number of fused-ring (bicyclic) bond motifs is 4. The van der Waals surface area contributed by atoms with E-state index in [0.29, 0.717) is 43.5 Å². The second-order valence-electron chi connectivity index (χ2n) is 11.5. The number of rotatable bonds is 4. The summed E-state index contributed by atoms with van der Waals surface area (Å²) in [5.74, 6) is -0.760. The molecule has 1 aromatic rings. The fraction of sp³-hybridized carbons (Fsp3) is 0.586. The lowest BCUT2D eigenvalue weighted by atomic mass is 9.50. The molecule has 0 aliphatic heterocycles. The number of carbonyl (C=O) groups is 2. The first kappa shape index (κ1) is 24.5. The molecule has 3 fully saturated rings. The number of hydrogen-bond acceptors (Lipinski definition) is 3. The number of Topliss-reactive ketones (excluding diaryl/α,β-unsaturated/α-hetero) is 2. The zero-order valence-electron chi connectivity index (χ0n) is 20.4. The van der Waals surface area contributed by atoms with Crippen molar-refractivity contribution in [1.82, 2.24) is 0 Å². The number of aliphatic hydroxyl groups is 1. The van der Waals surface area contributed by atoms with Gasteiger partial charge in [0, 0.05) is 36.2 Å². The summed E-state index contributed by atoms with van der Waals surface area (Å²) in [7, 11) is 0. The Morgan fingerprint density at radius 1 is 1.09 bits per heavy atom. The van der Waals surface area contributed by atoms with Crippen LogP contribution < -0.4 is 0 Å². The lowest BCUT2D eigenvalue weighted by Crippen LogP contribution is -2.52. The van der Waals surface area contributed by atoms with Crippen LogP contribution >= 0.6 is 0 Å². The molecule has 1 N–H and O–H groups in total. The van der Waals surface area contributed by atoms with Crippen molar-refractivity contribution in [3.05, 3.63) is 58.4 Å². The number of ketones is 2. The van der Waals surface area contributed by atoms with Crippen molar-refractivity contribution >= 4 is 11.6 Å². The Kier molecular flexibility index (Phi) is 6.10. The Morgan fingerprint density at radius 2 is 1.80 bits per heavy atom. The maximum absolute atomic E-state index is 14.2. The van der Waals surface area contributed by atoms with Crippen LogP contribution in [0.4, 0.5) is 13.2 Å². The summed E-state index contributed by atoms with van der Waals surface area (Å²) in [4.78, 5) is 24.1. The third-order valence-corrected chi connectivity index (χ3v) is 9.85. The number of hydrogen-bond donors (Lipinski definition) is 1.